The van der Waals surface area contributed by atoms with Crippen LogP contribution >= 0.6 is 0 Å². The van der Waals surface area contributed by atoms with Crippen molar-refractivity contribution >= 4 is 17.3 Å². The number of hydrogen-bond donors (Lipinski definition) is 2. The smallest absolute Gasteiger partial charge is 0.227 e. The summed E-state index contributed by atoms with van der Waals surface area (Å²) in [6.45, 7) is 4.41. The first kappa shape index (κ1) is 13.7. The highest BCUT2D eigenvalue weighted by Gasteiger charge is 2.20. The van der Waals surface area contributed by atoms with Crippen LogP contribution in [0.25, 0.3) is 0 Å². The van der Waals surface area contributed by atoms with Crippen LogP contribution in [0, 0.1) is 5.92 Å². The van der Waals surface area contributed by atoms with Crippen LogP contribution < -0.4 is 10.6 Å². The summed E-state index contributed by atoms with van der Waals surface area (Å²) in [6, 6.07) is 7.82. The summed E-state index contributed by atoms with van der Waals surface area (Å²) in [7, 11) is 0. The zero-order valence-electron chi connectivity index (χ0n) is 11.3. The van der Waals surface area contributed by atoms with Gasteiger partial charge in [-0.3, -0.25) is 4.79 Å². The minimum Gasteiger partial charge on any atom is -0.382 e. The standard InChI is InChI=1S/C16H22N2O/c1-2-12-17-14-8-10-15(11-9-14)18-16(19)13-6-4-3-5-7-13/h2,8-11,13,17H,1,3-7,12H2,(H,18,19). The van der Waals surface area contributed by atoms with E-state index in [1.54, 1.807) is 0 Å². The summed E-state index contributed by atoms with van der Waals surface area (Å²) in [6.07, 6.45) is 7.52. The predicted octanol–water partition coefficient (Wildman–Crippen LogP) is 3.80. The van der Waals surface area contributed by atoms with Gasteiger partial charge >= 0.3 is 0 Å². The fraction of sp³-hybridized carbons (Fsp3) is 0.438. The average Bonchev–Trinajstić information content (AvgIpc) is 2.47. The summed E-state index contributed by atoms with van der Waals surface area (Å²) >= 11 is 0. The minimum absolute atomic E-state index is 0.173. The monoisotopic (exact) mass is 258 g/mol. The molecule has 102 valence electrons. The van der Waals surface area contributed by atoms with E-state index in [4.69, 9.17) is 0 Å². The summed E-state index contributed by atoms with van der Waals surface area (Å²) in [4.78, 5) is 12.1. The molecule has 1 aliphatic rings. The second-order valence-corrected chi connectivity index (χ2v) is 5.07. The van der Waals surface area contributed by atoms with Crippen LogP contribution in [0.1, 0.15) is 32.1 Å². The van der Waals surface area contributed by atoms with Gasteiger partial charge in [-0.15, -0.1) is 6.58 Å². The number of anilines is 2. The average molecular weight is 258 g/mol. The maximum absolute atomic E-state index is 12.1. The molecular formula is C16H22N2O. The Morgan fingerprint density at radius 3 is 2.42 bits per heavy atom. The third-order valence-corrected chi connectivity index (χ3v) is 3.58. The van der Waals surface area contributed by atoms with Crippen molar-refractivity contribution in [2.24, 2.45) is 5.92 Å². The van der Waals surface area contributed by atoms with Crippen molar-refractivity contribution < 1.29 is 4.79 Å². The Labute approximate surface area is 115 Å². The number of carbonyl (C=O) groups is 1. The van der Waals surface area contributed by atoms with Crippen molar-refractivity contribution in [3.8, 4) is 0 Å². The van der Waals surface area contributed by atoms with Gasteiger partial charge < -0.3 is 10.6 Å². The highest BCUT2D eigenvalue weighted by molar-refractivity contribution is 5.92. The first-order valence-electron chi connectivity index (χ1n) is 7.05. The molecule has 0 aliphatic heterocycles. The molecular weight excluding hydrogens is 236 g/mol. The molecule has 0 heterocycles. The summed E-state index contributed by atoms with van der Waals surface area (Å²) in [5, 5.41) is 6.22. The van der Waals surface area contributed by atoms with Gasteiger partial charge in [0.1, 0.15) is 0 Å². The van der Waals surface area contributed by atoms with Crippen LogP contribution in [0.15, 0.2) is 36.9 Å². The van der Waals surface area contributed by atoms with Gasteiger partial charge in [-0.05, 0) is 37.1 Å². The molecule has 1 amide bonds. The van der Waals surface area contributed by atoms with Gasteiger partial charge in [0.25, 0.3) is 0 Å². The lowest BCUT2D eigenvalue weighted by atomic mass is 9.88. The first-order valence-corrected chi connectivity index (χ1v) is 7.05. The summed E-state index contributed by atoms with van der Waals surface area (Å²) in [5.74, 6) is 0.374. The van der Waals surface area contributed by atoms with E-state index >= 15 is 0 Å². The lowest BCUT2D eigenvalue weighted by Gasteiger charge is -2.20. The third-order valence-electron chi connectivity index (χ3n) is 3.58. The lowest BCUT2D eigenvalue weighted by molar-refractivity contribution is -0.120. The highest BCUT2D eigenvalue weighted by Crippen LogP contribution is 2.25. The molecule has 0 unspecified atom stereocenters. The Morgan fingerprint density at radius 1 is 1.16 bits per heavy atom. The zero-order chi connectivity index (χ0) is 13.5. The fourth-order valence-corrected chi connectivity index (χ4v) is 2.47. The Morgan fingerprint density at radius 2 is 1.79 bits per heavy atom. The second kappa shape index (κ2) is 6.98. The SMILES string of the molecule is C=CCNc1ccc(NC(=O)C2CCCCC2)cc1. The van der Waals surface area contributed by atoms with Crippen molar-refractivity contribution in [1.29, 1.82) is 0 Å². The van der Waals surface area contributed by atoms with Crippen molar-refractivity contribution in [3.05, 3.63) is 36.9 Å². The molecule has 2 rings (SSSR count). The Hall–Kier alpha value is -1.77. The van der Waals surface area contributed by atoms with Gasteiger partial charge in [-0.1, -0.05) is 25.3 Å². The quantitative estimate of drug-likeness (QED) is 0.789. The van der Waals surface area contributed by atoms with Crippen LogP contribution in [0.3, 0.4) is 0 Å². The van der Waals surface area contributed by atoms with Gasteiger partial charge in [0.05, 0.1) is 0 Å². The van der Waals surface area contributed by atoms with Crippen LogP contribution in [0.5, 0.6) is 0 Å². The maximum Gasteiger partial charge on any atom is 0.227 e. The number of amides is 1. The highest BCUT2D eigenvalue weighted by atomic mass is 16.1. The Bertz CT molecular complexity index is 419. The molecule has 1 aromatic carbocycles. The zero-order valence-corrected chi connectivity index (χ0v) is 11.3. The van der Waals surface area contributed by atoms with Gasteiger partial charge in [-0.25, -0.2) is 0 Å². The number of nitrogens with one attached hydrogen (secondary N) is 2. The van der Waals surface area contributed by atoms with Crippen LogP contribution in [-0.2, 0) is 4.79 Å². The van der Waals surface area contributed by atoms with E-state index in [0.717, 1.165) is 30.8 Å². The predicted molar refractivity (Wildman–Crippen MR) is 80.3 cm³/mol. The van der Waals surface area contributed by atoms with Gasteiger partial charge in [0, 0.05) is 23.8 Å². The number of hydrogen-bond acceptors (Lipinski definition) is 2. The summed E-state index contributed by atoms with van der Waals surface area (Å²) in [5.41, 5.74) is 1.91. The lowest BCUT2D eigenvalue weighted by Crippen LogP contribution is -2.24. The molecule has 2 N–H and O–H groups in total. The van der Waals surface area contributed by atoms with Gasteiger partial charge in [0.2, 0.25) is 5.91 Å². The molecule has 0 saturated heterocycles. The van der Waals surface area contributed by atoms with E-state index in [1.165, 1.54) is 19.3 Å². The summed E-state index contributed by atoms with van der Waals surface area (Å²) < 4.78 is 0. The Balaban J connectivity index is 1.87. The first-order chi connectivity index (χ1) is 9.29. The second-order valence-electron chi connectivity index (χ2n) is 5.07. The maximum atomic E-state index is 12.1. The third kappa shape index (κ3) is 4.12. The molecule has 1 aromatic rings. The molecule has 1 fully saturated rings. The van der Waals surface area contributed by atoms with E-state index < -0.39 is 0 Å². The normalized spacial score (nSPS) is 15.8. The molecule has 3 heteroatoms. The molecule has 1 saturated carbocycles. The van der Waals surface area contributed by atoms with E-state index in [1.807, 2.05) is 30.3 Å². The topological polar surface area (TPSA) is 41.1 Å². The van der Waals surface area contributed by atoms with Crippen LogP contribution in [0.2, 0.25) is 0 Å². The molecule has 0 bridgehead atoms. The molecule has 0 aromatic heterocycles. The molecule has 0 atom stereocenters. The van der Waals surface area contributed by atoms with Crippen molar-refractivity contribution in [1.82, 2.24) is 0 Å². The van der Waals surface area contributed by atoms with Crippen molar-refractivity contribution in [2.75, 3.05) is 17.2 Å². The number of carbonyl (C=O) groups excluding carboxylic acids is 1. The molecule has 19 heavy (non-hydrogen) atoms. The van der Waals surface area contributed by atoms with Gasteiger partial charge in [-0.2, -0.15) is 0 Å². The molecule has 1 aliphatic carbocycles. The largest absolute Gasteiger partial charge is 0.382 e. The van der Waals surface area contributed by atoms with E-state index in [0.29, 0.717) is 0 Å². The van der Waals surface area contributed by atoms with E-state index in [9.17, 15) is 4.79 Å². The molecule has 0 spiro atoms. The van der Waals surface area contributed by atoms with Crippen molar-refractivity contribution in [3.63, 3.8) is 0 Å². The Kier molecular flexibility index (Phi) is 5.01. The van der Waals surface area contributed by atoms with Crippen LogP contribution in [0.4, 0.5) is 11.4 Å². The van der Waals surface area contributed by atoms with E-state index in [2.05, 4.69) is 17.2 Å². The minimum atomic E-state index is 0.173. The molecule has 0 radical (unpaired) electrons. The number of rotatable bonds is 5. The fourth-order valence-electron chi connectivity index (χ4n) is 2.47. The van der Waals surface area contributed by atoms with Crippen LogP contribution in [-0.4, -0.2) is 12.5 Å². The van der Waals surface area contributed by atoms with Crippen molar-refractivity contribution in [2.45, 2.75) is 32.1 Å². The van der Waals surface area contributed by atoms with E-state index in [-0.39, 0.29) is 11.8 Å². The van der Waals surface area contributed by atoms with Gasteiger partial charge in [0.15, 0.2) is 0 Å². The number of benzene rings is 1. The molecule has 3 nitrogen and oxygen atoms in total.